The normalized spacial score (nSPS) is 24.3. The van der Waals surface area contributed by atoms with Crippen LogP contribution in [-0.2, 0) is 4.79 Å². The summed E-state index contributed by atoms with van der Waals surface area (Å²) in [4.78, 5) is 27.3. The zero-order chi connectivity index (χ0) is 13.8. The average Bonchev–Trinajstić information content (AvgIpc) is 3.19. The lowest BCUT2D eigenvalue weighted by atomic mass is 10.1. The monoisotopic (exact) mass is 268 g/mol. The third kappa shape index (κ3) is 3.83. The van der Waals surface area contributed by atoms with Crippen LogP contribution in [0.25, 0.3) is 0 Å². The molecule has 0 aromatic rings. The molecule has 0 aromatic carbocycles. The molecule has 2 rings (SSSR count). The number of amides is 3. The molecule has 6 nitrogen and oxygen atoms in total. The molecule has 0 radical (unpaired) electrons. The Morgan fingerprint density at radius 2 is 2.05 bits per heavy atom. The smallest absolute Gasteiger partial charge is 0.317 e. The van der Waals surface area contributed by atoms with Gasteiger partial charge in [-0.15, -0.1) is 0 Å². The summed E-state index contributed by atoms with van der Waals surface area (Å²) in [5.41, 5.74) is 5.32. The van der Waals surface area contributed by atoms with Gasteiger partial charge in [0.2, 0.25) is 5.91 Å². The maximum atomic E-state index is 12.0. The Labute approximate surface area is 114 Å². The highest BCUT2D eigenvalue weighted by Crippen LogP contribution is 2.31. The van der Waals surface area contributed by atoms with Crippen molar-refractivity contribution in [1.29, 1.82) is 0 Å². The second-order valence-corrected chi connectivity index (χ2v) is 5.47. The van der Waals surface area contributed by atoms with Gasteiger partial charge in [0.1, 0.15) is 0 Å². The van der Waals surface area contributed by atoms with Gasteiger partial charge in [-0.05, 0) is 19.3 Å². The lowest BCUT2D eigenvalue weighted by molar-refractivity contribution is -0.119. The van der Waals surface area contributed by atoms with Crippen LogP contribution in [-0.4, -0.2) is 60.0 Å². The fourth-order valence-corrected chi connectivity index (χ4v) is 2.70. The first-order chi connectivity index (χ1) is 9.11. The van der Waals surface area contributed by atoms with Crippen LogP contribution in [0.1, 0.15) is 32.6 Å². The van der Waals surface area contributed by atoms with E-state index in [9.17, 15) is 9.59 Å². The maximum absolute atomic E-state index is 12.0. The summed E-state index contributed by atoms with van der Waals surface area (Å²) in [7, 11) is 0. The van der Waals surface area contributed by atoms with E-state index in [1.165, 1.54) is 12.8 Å². The van der Waals surface area contributed by atoms with Gasteiger partial charge in [-0.2, -0.15) is 0 Å². The van der Waals surface area contributed by atoms with Gasteiger partial charge in [0, 0.05) is 44.7 Å². The van der Waals surface area contributed by atoms with Crippen molar-refractivity contribution in [3.05, 3.63) is 0 Å². The summed E-state index contributed by atoms with van der Waals surface area (Å²) < 4.78 is 0. The van der Waals surface area contributed by atoms with Crippen LogP contribution in [0.5, 0.6) is 0 Å². The van der Waals surface area contributed by atoms with Crippen LogP contribution in [0.3, 0.4) is 0 Å². The largest absolute Gasteiger partial charge is 0.370 e. The molecule has 1 aliphatic carbocycles. The zero-order valence-electron chi connectivity index (χ0n) is 11.6. The number of carbonyl (C=O) groups excluding carboxylic acids is 2. The molecular formula is C13H24N4O2. The maximum Gasteiger partial charge on any atom is 0.317 e. The number of nitrogens with zero attached hydrogens (tertiary/aromatic N) is 2. The standard InChI is InChI=1S/C13H24N4O2/c1-2-5-15-13(19)16-6-7-17(10-3-4-10)11(9-16)8-12(14)18/h10-11H,2-9H2,1H3,(H2,14,18)(H,15,19). The first-order valence-corrected chi connectivity index (χ1v) is 7.18. The number of urea groups is 1. The van der Waals surface area contributed by atoms with Crippen molar-refractivity contribution in [3.8, 4) is 0 Å². The van der Waals surface area contributed by atoms with Crippen LogP contribution in [0.2, 0.25) is 0 Å². The summed E-state index contributed by atoms with van der Waals surface area (Å²) >= 11 is 0. The number of hydrogen-bond acceptors (Lipinski definition) is 3. The van der Waals surface area contributed by atoms with Gasteiger partial charge in [0.05, 0.1) is 0 Å². The molecule has 1 heterocycles. The Kier molecular flexibility index (Phi) is 4.63. The minimum Gasteiger partial charge on any atom is -0.370 e. The molecule has 19 heavy (non-hydrogen) atoms. The molecule has 1 atom stereocenters. The second kappa shape index (κ2) is 6.23. The van der Waals surface area contributed by atoms with E-state index in [4.69, 9.17) is 5.73 Å². The van der Waals surface area contributed by atoms with Crippen LogP contribution >= 0.6 is 0 Å². The minimum atomic E-state index is -0.286. The van der Waals surface area contributed by atoms with Gasteiger partial charge in [-0.3, -0.25) is 9.69 Å². The third-order valence-electron chi connectivity index (χ3n) is 3.79. The van der Waals surface area contributed by atoms with Gasteiger partial charge in [0.25, 0.3) is 0 Å². The molecule has 1 saturated carbocycles. The van der Waals surface area contributed by atoms with Crippen molar-refractivity contribution in [2.24, 2.45) is 5.73 Å². The summed E-state index contributed by atoms with van der Waals surface area (Å²) in [6.45, 7) is 4.92. The van der Waals surface area contributed by atoms with Gasteiger partial charge in [-0.25, -0.2) is 4.79 Å². The number of primary amides is 1. The van der Waals surface area contributed by atoms with Crippen molar-refractivity contribution in [2.45, 2.75) is 44.7 Å². The van der Waals surface area contributed by atoms with E-state index in [1.54, 1.807) is 0 Å². The fraction of sp³-hybridized carbons (Fsp3) is 0.846. The summed E-state index contributed by atoms with van der Waals surface area (Å²) in [5, 5.41) is 2.89. The van der Waals surface area contributed by atoms with Crippen LogP contribution in [0.15, 0.2) is 0 Å². The number of nitrogens with one attached hydrogen (secondary N) is 1. The fourth-order valence-electron chi connectivity index (χ4n) is 2.70. The van der Waals surface area contributed by atoms with Gasteiger partial charge in [-0.1, -0.05) is 6.92 Å². The van der Waals surface area contributed by atoms with E-state index in [2.05, 4.69) is 10.2 Å². The highest BCUT2D eigenvalue weighted by molar-refractivity contribution is 5.76. The SMILES string of the molecule is CCCNC(=O)N1CCN(C2CC2)C(CC(N)=O)C1. The van der Waals surface area contributed by atoms with Crippen LogP contribution < -0.4 is 11.1 Å². The molecule has 2 fully saturated rings. The summed E-state index contributed by atoms with van der Waals surface area (Å²) in [5.74, 6) is -0.286. The molecule has 0 bridgehead atoms. The zero-order valence-corrected chi connectivity index (χ0v) is 11.6. The predicted molar refractivity (Wildman–Crippen MR) is 72.6 cm³/mol. The summed E-state index contributed by atoms with van der Waals surface area (Å²) in [6.07, 6.45) is 3.68. The lowest BCUT2D eigenvalue weighted by Gasteiger charge is -2.41. The van der Waals surface area contributed by atoms with Crippen LogP contribution in [0, 0.1) is 0 Å². The number of hydrogen-bond donors (Lipinski definition) is 2. The third-order valence-corrected chi connectivity index (χ3v) is 3.79. The first-order valence-electron chi connectivity index (χ1n) is 7.18. The topological polar surface area (TPSA) is 78.7 Å². The molecule has 0 aromatic heterocycles. The van der Waals surface area contributed by atoms with E-state index in [1.807, 2.05) is 11.8 Å². The van der Waals surface area contributed by atoms with E-state index in [-0.39, 0.29) is 18.0 Å². The Morgan fingerprint density at radius 3 is 2.63 bits per heavy atom. The number of carbonyl (C=O) groups is 2. The molecule has 0 spiro atoms. The van der Waals surface area contributed by atoms with Crippen molar-refractivity contribution in [2.75, 3.05) is 26.2 Å². The highest BCUT2D eigenvalue weighted by Gasteiger charge is 2.38. The molecule has 1 unspecified atom stereocenters. The Morgan fingerprint density at radius 1 is 1.32 bits per heavy atom. The van der Waals surface area contributed by atoms with E-state index in [0.29, 0.717) is 25.6 Å². The molecule has 3 N–H and O–H groups in total. The minimum absolute atomic E-state index is 0.0215. The van der Waals surface area contributed by atoms with Gasteiger partial charge >= 0.3 is 6.03 Å². The van der Waals surface area contributed by atoms with Crippen molar-refractivity contribution >= 4 is 11.9 Å². The number of nitrogens with two attached hydrogens (primary N) is 1. The average molecular weight is 268 g/mol. The Bertz CT molecular complexity index is 344. The van der Waals surface area contributed by atoms with E-state index < -0.39 is 0 Å². The first kappa shape index (κ1) is 14.1. The second-order valence-electron chi connectivity index (χ2n) is 5.47. The lowest BCUT2D eigenvalue weighted by Crippen LogP contribution is -2.58. The van der Waals surface area contributed by atoms with Crippen LogP contribution in [0.4, 0.5) is 4.79 Å². The highest BCUT2D eigenvalue weighted by atomic mass is 16.2. The molecule has 1 saturated heterocycles. The number of piperazine rings is 1. The quantitative estimate of drug-likeness (QED) is 0.744. The van der Waals surface area contributed by atoms with Crippen molar-refractivity contribution in [3.63, 3.8) is 0 Å². The molecule has 1 aliphatic heterocycles. The molecule has 3 amide bonds. The van der Waals surface area contributed by atoms with Crippen molar-refractivity contribution < 1.29 is 9.59 Å². The predicted octanol–water partition coefficient (Wildman–Crippen LogP) is 0.130. The van der Waals surface area contributed by atoms with E-state index >= 15 is 0 Å². The Balaban J connectivity index is 1.91. The van der Waals surface area contributed by atoms with Gasteiger partial charge in [0.15, 0.2) is 0 Å². The molecular weight excluding hydrogens is 244 g/mol. The van der Waals surface area contributed by atoms with Gasteiger partial charge < -0.3 is 16.0 Å². The molecule has 2 aliphatic rings. The van der Waals surface area contributed by atoms with Crippen molar-refractivity contribution in [1.82, 2.24) is 15.1 Å². The molecule has 108 valence electrons. The summed E-state index contributed by atoms with van der Waals surface area (Å²) in [6, 6.07) is 0.670. The molecule has 6 heteroatoms. The Hall–Kier alpha value is -1.30. The number of rotatable bonds is 5. The van der Waals surface area contributed by atoms with E-state index in [0.717, 1.165) is 19.5 Å².